The molecule has 0 unspecified atom stereocenters. The summed E-state index contributed by atoms with van der Waals surface area (Å²) in [6.45, 7) is 1.23. The summed E-state index contributed by atoms with van der Waals surface area (Å²) in [7, 11) is 0. The minimum atomic E-state index is -0.0962. The molecule has 1 aliphatic rings. The van der Waals surface area contributed by atoms with Crippen molar-refractivity contribution in [3.8, 4) is 11.5 Å². The summed E-state index contributed by atoms with van der Waals surface area (Å²) in [5.41, 5.74) is 1.64. The fourth-order valence-electron chi connectivity index (χ4n) is 1.79. The van der Waals surface area contributed by atoms with Gasteiger partial charge in [-0.05, 0) is 0 Å². The molecule has 16 heavy (non-hydrogen) atoms. The topological polar surface area (TPSA) is 67.4 Å². The Bertz CT molecular complexity index is 478. The van der Waals surface area contributed by atoms with Crippen molar-refractivity contribution in [3.63, 3.8) is 0 Å². The summed E-state index contributed by atoms with van der Waals surface area (Å²) >= 11 is 0. The van der Waals surface area contributed by atoms with Crippen molar-refractivity contribution in [2.24, 2.45) is 0 Å². The molecule has 0 fully saturated rings. The monoisotopic (exact) mass is 220 g/mol. The summed E-state index contributed by atoms with van der Waals surface area (Å²) < 4.78 is 11.1. The molecule has 0 saturated carbocycles. The molecule has 5 nitrogen and oxygen atoms in total. The summed E-state index contributed by atoms with van der Waals surface area (Å²) in [6, 6.07) is 3.70. The van der Waals surface area contributed by atoms with Crippen LogP contribution in [0.3, 0.4) is 0 Å². The molecule has 5 heteroatoms. The van der Waals surface area contributed by atoms with Crippen LogP contribution < -0.4 is 9.47 Å². The molecule has 1 aromatic heterocycles. The molecule has 84 valence electrons. The van der Waals surface area contributed by atoms with Crippen LogP contribution in [0.15, 0.2) is 12.1 Å². The Morgan fingerprint density at radius 2 is 2.00 bits per heavy atom. The van der Waals surface area contributed by atoms with Crippen molar-refractivity contribution in [2.45, 2.75) is 13.0 Å². The molecule has 3 rings (SSSR count). The molecule has 1 aromatic carbocycles. The zero-order chi connectivity index (χ0) is 11.0. The van der Waals surface area contributed by atoms with Crippen molar-refractivity contribution in [3.05, 3.63) is 18.0 Å². The van der Waals surface area contributed by atoms with Gasteiger partial charge in [-0.2, -0.15) is 0 Å². The molecular formula is C11H12N2O3. The van der Waals surface area contributed by atoms with E-state index in [9.17, 15) is 0 Å². The van der Waals surface area contributed by atoms with Gasteiger partial charge in [-0.3, -0.25) is 0 Å². The molecule has 0 radical (unpaired) electrons. The third-order valence-electron chi connectivity index (χ3n) is 2.55. The minimum absolute atomic E-state index is 0.0962. The Morgan fingerprint density at radius 1 is 1.25 bits per heavy atom. The van der Waals surface area contributed by atoms with Crippen molar-refractivity contribution in [1.29, 1.82) is 0 Å². The predicted octanol–water partition coefficient (Wildman–Crippen LogP) is 1.22. The van der Waals surface area contributed by atoms with Crippen LogP contribution in [0.5, 0.6) is 11.5 Å². The number of rotatable bonds is 1. The van der Waals surface area contributed by atoms with E-state index in [-0.39, 0.29) is 6.61 Å². The number of aliphatic hydroxyl groups excluding tert-OH is 1. The second kappa shape index (κ2) is 3.68. The molecule has 2 heterocycles. The number of imidazole rings is 1. The zero-order valence-corrected chi connectivity index (χ0v) is 8.69. The number of ether oxygens (including phenoxy) is 2. The Balaban J connectivity index is 2.14. The third kappa shape index (κ3) is 1.49. The number of aromatic nitrogens is 2. The highest BCUT2D eigenvalue weighted by Crippen LogP contribution is 2.33. The zero-order valence-electron chi connectivity index (χ0n) is 8.69. The molecule has 0 saturated heterocycles. The van der Waals surface area contributed by atoms with E-state index in [4.69, 9.17) is 14.6 Å². The van der Waals surface area contributed by atoms with Gasteiger partial charge in [0.05, 0.1) is 24.2 Å². The van der Waals surface area contributed by atoms with Crippen LogP contribution in [0, 0.1) is 0 Å². The Morgan fingerprint density at radius 3 is 2.75 bits per heavy atom. The molecule has 0 bridgehead atoms. The van der Waals surface area contributed by atoms with Crippen molar-refractivity contribution >= 4 is 11.0 Å². The van der Waals surface area contributed by atoms with Gasteiger partial charge in [0.15, 0.2) is 11.5 Å². The highest BCUT2D eigenvalue weighted by molar-refractivity contribution is 5.79. The molecule has 1 aliphatic heterocycles. The lowest BCUT2D eigenvalue weighted by atomic mass is 10.3. The number of aliphatic hydroxyl groups is 1. The molecule has 0 amide bonds. The third-order valence-corrected chi connectivity index (χ3v) is 2.55. The molecule has 0 spiro atoms. The lowest BCUT2D eigenvalue weighted by Crippen LogP contribution is -1.97. The van der Waals surface area contributed by atoms with Gasteiger partial charge < -0.3 is 19.6 Å². The number of aromatic amines is 1. The van der Waals surface area contributed by atoms with E-state index in [1.165, 1.54) is 0 Å². The van der Waals surface area contributed by atoms with E-state index in [1.54, 1.807) is 0 Å². The van der Waals surface area contributed by atoms with Crippen LogP contribution in [0.25, 0.3) is 11.0 Å². The second-order valence-corrected chi connectivity index (χ2v) is 3.71. The van der Waals surface area contributed by atoms with Gasteiger partial charge in [0.25, 0.3) is 0 Å². The number of fused-ring (bicyclic) bond motifs is 2. The average molecular weight is 220 g/mol. The maximum atomic E-state index is 8.99. The van der Waals surface area contributed by atoms with Crippen LogP contribution in [-0.2, 0) is 6.61 Å². The van der Waals surface area contributed by atoms with Crippen molar-refractivity contribution in [1.82, 2.24) is 9.97 Å². The number of nitrogens with zero attached hydrogens (tertiary/aromatic N) is 1. The van der Waals surface area contributed by atoms with E-state index in [0.29, 0.717) is 19.0 Å². The molecule has 0 atom stereocenters. The van der Waals surface area contributed by atoms with Crippen LogP contribution in [0.1, 0.15) is 12.2 Å². The number of hydrogen-bond acceptors (Lipinski definition) is 4. The first-order chi connectivity index (χ1) is 7.86. The highest BCUT2D eigenvalue weighted by Gasteiger charge is 2.13. The van der Waals surface area contributed by atoms with Gasteiger partial charge in [-0.15, -0.1) is 0 Å². The van der Waals surface area contributed by atoms with E-state index < -0.39 is 0 Å². The van der Waals surface area contributed by atoms with Crippen molar-refractivity contribution < 1.29 is 14.6 Å². The lowest BCUT2D eigenvalue weighted by molar-refractivity contribution is 0.273. The number of hydrogen-bond donors (Lipinski definition) is 2. The molecule has 0 aliphatic carbocycles. The molecule has 2 aromatic rings. The summed E-state index contributed by atoms with van der Waals surface area (Å²) in [5.74, 6) is 2.01. The number of H-pyrrole nitrogens is 1. The lowest BCUT2D eigenvalue weighted by Gasteiger charge is -2.05. The number of nitrogens with one attached hydrogen (secondary N) is 1. The first-order valence-corrected chi connectivity index (χ1v) is 5.26. The quantitative estimate of drug-likeness (QED) is 0.758. The maximum absolute atomic E-state index is 8.99. The predicted molar refractivity (Wildman–Crippen MR) is 57.6 cm³/mol. The molecular weight excluding hydrogens is 208 g/mol. The van der Waals surface area contributed by atoms with Gasteiger partial charge in [-0.25, -0.2) is 4.98 Å². The Hall–Kier alpha value is -1.75. The standard InChI is InChI=1S/C11H12N2O3/c14-6-11-12-7-4-9-10(5-8(7)13-11)16-3-1-2-15-9/h4-5,14H,1-3,6H2,(H,12,13). The fraction of sp³-hybridized carbons (Fsp3) is 0.364. The maximum Gasteiger partial charge on any atom is 0.163 e. The summed E-state index contributed by atoms with van der Waals surface area (Å²) in [6.07, 6.45) is 0.887. The van der Waals surface area contributed by atoms with Crippen LogP contribution in [-0.4, -0.2) is 28.3 Å². The van der Waals surface area contributed by atoms with E-state index >= 15 is 0 Å². The van der Waals surface area contributed by atoms with Gasteiger partial charge >= 0.3 is 0 Å². The largest absolute Gasteiger partial charge is 0.489 e. The van der Waals surface area contributed by atoms with Crippen molar-refractivity contribution in [2.75, 3.05) is 13.2 Å². The molecule has 2 N–H and O–H groups in total. The SMILES string of the molecule is OCc1nc2cc3c(cc2[nH]1)OCCCO3. The van der Waals surface area contributed by atoms with Gasteiger partial charge in [0.2, 0.25) is 0 Å². The normalized spacial score (nSPS) is 15.1. The van der Waals surface area contributed by atoms with Gasteiger partial charge in [0, 0.05) is 18.6 Å². The van der Waals surface area contributed by atoms with Crippen LogP contribution in [0.4, 0.5) is 0 Å². The summed E-state index contributed by atoms with van der Waals surface area (Å²) in [4.78, 5) is 7.25. The Kier molecular flexibility index (Phi) is 2.18. The fourth-order valence-corrected chi connectivity index (χ4v) is 1.79. The summed E-state index contributed by atoms with van der Waals surface area (Å²) in [5, 5.41) is 8.99. The van der Waals surface area contributed by atoms with Gasteiger partial charge in [0.1, 0.15) is 12.4 Å². The van der Waals surface area contributed by atoms with E-state index in [0.717, 1.165) is 29.0 Å². The van der Waals surface area contributed by atoms with Gasteiger partial charge in [-0.1, -0.05) is 0 Å². The van der Waals surface area contributed by atoms with E-state index in [1.807, 2.05) is 12.1 Å². The van der Waals surface area contributed by atoms with Crippen LogP contribution >= 0.6 is 0 Å². The van der Waals surface area contributed by atoms with Crippen LogP contribution in [0.2, 0.25) is 0 Å². The minimum Gasteiger partial charge on any atom is -0.489 e. The Labute approximate surface area is 92.0 Å². The first kappa shape index (κ1) is 9.47. The second-order valence-electron chi connectivity index (χ2n) is 3.71. The number of benzene rings is 1. The van der Waals surface area contributed by atoms with E-state index in [2.05, 4.69) is 9.97 Å². The first-order valence-electron chi connectivity index (χ1n) is 5.26. The highest BCUT2D eigenvalue weighted by atomic mass is 16.5. The average Bonchev–Trinajstić information content (AvgIpc) is 2.56. The smallest absolute Gasteiger partial charge is 0.163 e.